The van der Waals surface area contributed by atoms with Gasteiger partial charge >= 0.3 is 0 Å². The van der Waals surface area contributed by atoms with Gasteiger partial charge in [0.15, 0.2) is 28.9 Å². The summed E-state index contributed by atoms with van der Waals surface area (Å²) < 4.78 is 7.07. The molecular formula is C19H24N6O2. The lowest BCUT2D eigenvalue weighted by Gasteiger charge is -2.12. The van der Waals surface area contributed by atoms with E-state index in [1.54, 1.807) is 13.2 Å². The lowest BCUT2D eigenvalue weighted by molar-refractivity contribution is 0.373. The van der Waals surface area contributed by atoms with Crippen LogP contribution in [0.5, 0.6) is 11.5 Å². The summed E-state index contributed by atoms with van der Waals surface area (Å²) >= 11 is 0. The first-order valence-corrected chi connectivity index (χ1v) is 8.88. The minimum absolute atomic E-state index is 0.143. The lowest BCUT2D eigenvalue weighted by Crippen LogP contribution is -2.38. The predicted molar refractivity (Wildman–Crippen MR) is 104 cm³/mol. The number of phenols is 1. The standard InChI is InChI=1S/C19H24N6O2/c1-3-20-19(21-10-9-14-7-8-15(26)16(12-14)27-2)22-13-18-24-23-17-6-4-5-11-25(17)18/h4-8,11-12,26H,3,9-10,13H2,1-2H3,(H2,20,21,22). The SMILES string of the molecule is CCNC(=NCc1nnc2ccccn12)NCCc1ccc(O)c(OC)c1. The third-order valence-corrected chi connectivity index (χ3v) is 4.06. The number of nitrogens with zero attached hydrogens (tertiary/aromatic N) is 4. The second-order valence-corrected chi connectivity index (χ2v) is 5.92. The van der Waals surface area contributed by atoms with Crippen molar-refractivity contribution < 1.29 is 9.84 Å². The molecule has 2 aromatic heterocycles. The number of hydrogen-bond acceptors (Lipinski definition) is 5. The van der Waals surface area contributed by atoms with Crippen LogP contribution in [0.15, 0.2) is 47.6 Å². The Labute approximate surface area is 157 Å². The predicted octanol–water partition coefficient (Wildman–Crippen LogP) is 1.74. The van der Waals surface area contributed by atoms with E-state index in [-0.39, 0.29) is 5.75 Å². The van der Waals surface area contributed by atoms with Gasteiger partial charge in [0.2, 0.25) is 0 Å². The number of nitrogens with one attached hydrogen (secondary N) is 2. The molecule has 0 fully saturated rings. The first kappa shape index (κ1) is 18.5. The molecule has 2 heterocycles. The zero-order chi connectivity index (χ0) is 19.1. The molecule has 8 nitrogen and oxygen atoms in total. The Kier molecular flexibility index (Phi) is 6.09. The van der Waals surface area contributed by atoms with Crippen LogP contribution in [-0.2, 0) is 13.0 Å². The average Bonchev–Trinajstić information content (AvgIpc) is 3.10. The molecule has 0 bridgehead atoms. The minimum Gasteiger partial charge on any atom is -0.504 e. The Morgan fingerprint density at radius 3 is 2.93 bits per heavy atom. The normalized spacial score (nSPS) is 11.6. The van der Waals surface area contributed by atoms with Gasteiger partial charge in [-0.05, 0) is 43.2 Å². The summed E-state index contributed by atoms with van der Waals surface area (Å²) in [7, 11) is 1.54. The van der Waals surface area contributed by atoms with Gasteiger partial charge in [0.05, 0.1) is 7.11 Å². The van der Waals surface area contributed by atoms with Crippen LogP contribution in [-0.4, -0.2) is 45.9 Å². The number of methoxy groups -OCH3 is 1. The van der Waals surface area contributed by atoms with Crippen LogP contribution in [0, 0.1) is 0 Å². The quantitative estimate of drug-likeness (QED) is 0.434. The Bertz CT molecular complexity index is 921. The largest absolute Gasteiger partial charge is 0.504 e. The topological polar surface area (TPSA) is 96.1 Å². The molecule has 3 rings (SSSR count). The van der Waals surface area contributed by atoms with Crippen LogP contribution >= 0.6 is 0 Å². The van der Waals surface area contributed by atoms with Crippen molar-refractivity contribution in [2.45, 2.75) is 19.9 Å². The number of ether oxygens (including phenoxy) is 1. The molecule has 27 heavy (non-hydrogen) atoms. The number of hydrogen-bond donors (Lipinski definition) is 3. The van der Waals surface area contributed by atoms with Crippen LogP contribution in [0.25, 0.3) is 5.65 Å². The summed E-state index contributed by atoms with van der Waals surface area (Å²) in [6.07, 6.45) is 2.70. The molecule has 0 saturated heterocycles. The number of pyridine rings is 1. The van der Waals surface area contributed by atoms with Crippen molar-refractivity contribution in [1.82, 2.24) is 25.2 Å². The van der Waals surface area contributed by atoms with Gasteiger partial charge in [-0.3, -0.25) is 4.40 Å². The van der Waals surface area contributed by atoms with Gasteiger partial charge < -0.3 is 20.5 Å². The molecule has 8 heteroatoms. The molecule has 142 valence electrons. The fourth-order valence-electron chi connectivity index (χ4n) is 2.69. The van der Waals surface area contributed by atoms with E-state index < -0.39 is 0 Å². The maximum atomic E-state index is 9.67. The van der Waals surface area contributed by atoms with E-state index in [4.69, 9.17) is 4.74 Å². The average molecular weight is 368 g/mol. The molecule has 0 radical (unpaired) electrons. The van der Waals surface area contributed by atoms with Crippen LogP contribution < -0.4 is 15.4 Å². The van der Waals surface area contributed by atoms with Gasteiger partial charge in [0.1, 0.15) is 6.54 Å². The molecule has 0 amide bonds. The van der Waals surface area contributed by atoms with Crippen molar-refractivity contribution in [3.8, 4) is 11.5 Å². The van der Waals surface area contributed by atoms with E-state index in [9.17, 15) is 5.11 Å². The summed E-state index contributed by atoms with van der Waals surface area (Å²) in [5.41, 5.74) is 1.87. The van der Waals surface area contributed by atoms with Gasteiger partial charge in [-0.2, -0.15) is 0 Å². The molecule has 3 aromatic rings. The highest BCUT2D eigenvalue weighted by Gasteiger charge is 2.06. The number of phenolic OH excluding ortho intramolecular Hbond substituents is 1. The molecular weight excluding hydrogens is 344 g/mol. The van der Waals surface area contributed by atoms with E-state index >= 15 is 0 Å². The van der Waals surface area contributed by atoms with Crippen LogP contribution in [0.4, 0.5) is 0 Å². The molecule has 0 atom stereocenters. The molecule has 3 N–H and O–H groups in total. The highest BCUT2D eigenvalue weighted by Crippen LogP contribution is 2.26. The summed E-state index contributed by atoms with van der Waals surface area (Å²) in [5.74, 6) is 2.12. The van der Waals surface area contributed by atoms with E-state index in [1.807, 2.05) is 47.9 Å². The third kappa shape index (κ3) is 4.66. The highest BCUT2D eigenvalue weighted by molar-refractivity contribution is 5.79. The zero-order valence-electron chi connectivity index (χ0n) is 15.5. The molecule has 1 aromatic carbocycles. The van der Waals surface area contributed by atoms with Crippen molar-refractivity contribution in [2.75, 3.05) is 20.2 Å². The Hall–Kier alpha value is -3.29. The Morgan fingerprint density at radius 1 is 1.22 bits per heavy atom. The van der Waals surface area contributed by atoms with Crippen molar-refractivity contribution in [1.29, 1.82) is 0 Å². The van der Waals surface area contributed by atoms with Gasteiger partial charge in [-0.15, -0.1) is 10.2 Å². The number of rotatable bonds is 7. The Morgan fingerprint density at radius 2 is 2.11 bits per heavy atom. The van der Waals surface area contributed by atoms with Crippen molar-refractivity contribution >= 4 is 11.6 Å². The second kappa shape index (κ2) is 8.88. The Balaban J connectivity index is 1.61. The first-order valence-electron chi connectivity index (χ1n) is 8.88. The number of aromatic hydroxyl groups is 1. The lowest BCUT2D eigenvalue weighted by atomic mass is 10.1. The minimum atomic E-state index is 0.143. The first-order chi connectivity index (χ1) is 13.2. The van der Waals surface area contributed by atoms with Crippen LogP contribution in [0.1, 0.15) is 18.3 Å². The van der Waals surface area contributed by atoms with E-state index in [1.165, 1.54) is 0 Å². The maximum Gasteiger partial charge on any atom is 0.191 e. The summed E-state index contributed by atoms with van der Waals surface area (Å²) in [4.78, 5) is 4.59. The van der Waals surface area contributed by atoms with Crippen molar-refractivity contribution in [3.05, 3.63) is 54.0 Å². The number of aliphatic imine (C=N–C) groups is 1. The van der Waals surface area contributed by atoms with E-state index in [2.05, 4.69) is 25.8 Å². The number of guanidine groups is 1. The number of benzene rings is 1. The summed E-state index contributed by atoms with van der Waals surface area (Å²) in [6, 6.07) is 11.1. The maximum absolute atomic E-state index is 9.67. The molecule has 0 spiro atoms. The van der Waals surface area contributed by atoms with Crippen LogP contribution in [0.2, 0.25) is 0 Å². The monoisotopic (exact) mass is 368 g/mol. The summed E-state index contributed by atoms with van der Waals surface area (Å²) in [6.45, 7) is 3.90. The van der Waals surface area contributed by atoms with Gasteiger partial charge in [0, 0.05) is 19.3 Å². The fraction of sp³-hybridized carbons (Fsp3) is 0.316. The second-order valence-electron chi connectivity index (χ2n) is 5.92. The molecule has 0 aliphatic heterocycles. The van der Waals surface area contributed by atoms with Gasteiger partial charge in [-0.25, -0.2) is 4.99 Å². The number of fused-ring (bicyclic) bond motifs is 1. The molecule has 0 aliphatic carbocycles. The third-order valence-electron chi connectivity index (χ3n) is 4.06. The number of aromatic nitrogens is 3. The van der Waals surface area contributed by atoms with Crippen molar-refractivity contribution in [2.24, 2.45) is 4.99 Å². The zero-order valence-corrected chi connectivity index (χ0v) is 15.5. The molecule has 0 unspecified atom stereocenters. The van der Waals surface area contributed by atoms with Gasteiger partial charge in [-0.1, -0.05) is 12.1 Å². The van der Waals surface area contributed by atoms with Gasteiger partial charge in [0.25, 0.3) is 0 Å². The highest BCUT2D eigenvalue weighted by atomic mass is 16.5. The molecule has 0 saturated carbocycles. The smallest absolute Gasteiger partial charge is 0.191 e. The van der Waals surface area contributed by atoms with Crippen LogP contribution in [0.3, 0.4) is 0 Å². The van der Waals surface area contributed by atoms with E-state index in [0.717, 1.165) is 36.0 Å². The van der Waals surface area contributed by atoms with Crippen molar-refractivity contribution in [3.63, 3.8) is 0 Å². The molecule has 0 aliphatic rings. The fourth-order valence-corrected chi connectivity index (χ4v) is 2.69. The summed E-state index contributed by atoms with van der Waals surface area (Å²) in [5, 5.41) is 24.5. The van der Waals surface area contributed by atoms with E-state index in [0.29, 0.717) is 18.8 Å².